The third-order valence-corrected chi connectivity index (χ3v) is 14.3. The zero-order valence-corrected chi connectivity index (χ0v) is 32.6. The number of aromatic nitrogens is 4. The van der Waals surface area contributed by atoms with E-state index in [0.717, 1.165) is 145 Å². The zero-order chi connectivity index (χ0) is 38.5. The van der Waals surface area contributed by atoms with Gasteiger partial charge in [-0.05, 0) is 91.8 Å². The first-order valence-electron chi connectivity index (χ1n) is 20.6. The minimum atomic E-state index is -0.201. The molecule has 2 saturated carbocycles. The van der Waals surface area contributed by atoms with Crippen molar-refractivity contribution in [1.82, 2.24) is 35.5 Å². The molecule has 0 radical (unpaired) electrons. The van der Waals surface area contributed by atoms with Gasteiger partial charge in [0.05, 0.1) is 41.4 Å². The van der Waals surface area contributed by atoms with Crippen molar-refractivity contribution in [2.75, 3.05) is 39.4 Å². The Kier molecular flexibility index (Phi) is 8.28. The van der Waals surface area contributed by atoms with Gasteiger partial charge in [0, 0.05) is 89.6 Å². The molecule has 0 bridgehead atoms. The first-order chi connectivity index (χ1) is 27.8. The number of nitrogens with one attached hydrogen (secondary N) is 4. The maximum atomic E-state index is 15.1. The number of aromatic amines is 2. The monoisotopic (exact) mass is 785 g/mol. The first-order valence-corrected chi connectivity index (χ1v) is 21.0. The maximum absolute atomic E-state index is 15.1. The number of morpholine rings is 1. The number of benzene rings is 1. The predicted molar refractivity (Wildman–Crippen MR) is 215 cm³/mol. The second-order valence-corrected chi connectivity index (χ2v) is 17.6. The van der Waals surface area contributed by atoms with Crippen LogP contribution in [0.3, 0.4) is 0 Å². The van der Waals surface area contributed by atoms with E-state index in [1.165, 1.54) is 24.0 Å². The van der Waals surface area contributed by atoms with E-state index in [1.807, 2.05) is 30.6 Å². The number of H-pyrrole nitrogens is 2. The number of amides is 2. The van der Waals surface area contributed by atoms with Gasteiger partial charge < -0.3 is 25.3 Å². The molecule has 4 aromatic heterocycles. The van der Waals surface area contributed by atoms with Crippen LogP contribution in [0.1, 0.15) is 98.4 Å². The molecule has 2 amide bonds. The number of pyridine rings is 2. The molecule has 1 saturated heterocycles. The van der Waals surface area contributed by atoms with Crippen LogP contribution in [-0.4, -0.2) is 76.0 Å². The summed E-state index contributed by atoms with van der Waals surface area (Å²) in [6, 6.07) is 9.43. The van der Waals surface area contributed by atoms with E-state index in [2.05, 4.69) is 41.5 Å². The summed E-state index contributed by atoms with van der Waals surface area (Å²) in [5, 5.41) is 6.75. The fourth-order valence-corrected chi connectivity index (χ4v) is 10.7. The Bertz CT molecular complexity index is 2490. The summed E-state index contributed by atoms with van der Waals surface area (Å²) >= 11 is 6.09. The lowest BCUT2D eigenvalue weighted by Gasteiger charge is -2.44. The standard InChI is InChI=1S/C28H29FN4O2.C17H16ClN3O/c29-22-12-17(2-3-19(22)15-33-8-10-35-11-9-33)23-13-21-18(14-30-23)4-5-20-24-26(32-25(20)21)28(6-1-7-28)16-31-27(24)34;18-12-6-11-9(7-19-12)2-3-10-13-15(21-14(10)11)17(4-1-5-17)8-20-16(13)22/h2-3,12-14,32H,1,4-11,15-16H2,(H,31,34);6-7,21H,1-5,8H2,(H,20,22). The SMILES string of the molecule is O=C1NCC2(CCC2)c2[nH]c3c(c21)CCc1cnc(-c2ccc(CN4CCOCC4)c(F)c2)cc1-3.O=C1NCC2(CCC2)c2[nH]c3c(c21)CCc1cnc(Cl)cc1-3. The molecule has 12 heteroatoms. The van der Waals surface area contributed by atoms with Gasteiger partial charge in [0.25, 0.3) is 11.8 Å². The van der Waals surface area contributed by atoms with Gasteiger partial charge in [-0.25, -0.2) is 9.37 Å². The Morgan fingerprint density at radius 1 is 0.754 bits per heavy atom. The molecule has 1 aromatic carbocycles. The summed E-state index contributed by atoms with van der Waals surface area (Å²) in [6.45, 7) is 5.14. The van der Waals surface area contributed by atoms with Crippen molar-refractivity contribution in [2.45, 2.75) is 81.6 Å². The Morgan fingerprint density at radius 2 is 1.33 bits per heavy atom. The molecule has 10 nitrogen and oxygen atoms in total. The number of fused-ring (bicyclic) bond motifs is 12. The summed E-state index contributed by atoms with van der Waals surface area (Å²) in [5.41, 5.74) is 15.5. The van der Waals surface area contributed by atoms with E-state index in [0.29, 0.717) is 30.5 Å². The molecular weight excluding hydrogens is 741 g/mol. The number of nitrogens with zero attached hydrogens (tertiary/aromatic N) is 3. The molecular formula is C45H45ClFN7O3. The average Bonchev–Trinajstić information content (AvgIpc) is 3.80. The number of carbonyl (C=O) groups is 2. The van der Waals surface area contributed by atoms with Crippen LogP contribution in [0.5, 0.6) is 0 Å². The molecule has 3 aliphatic heterocycles. The fraction of sp³-hybridized carbons (Fsp3) is 0.422. The summed E-state index contributed by atoms with van der Waals surface area (Å²) in [5.74, 6) is -0.0764. The summed E-state index contributed by atoms with van der Waals surface area (Å²) in [4.78, 5) is 43.7. The molecule has 7 aliphatic rings. The highest BCUT2D eigenvalue weighted by Gasteiger charge is 2.48. The van der Waals surface area contributed by atoms with Gasteiger partial charge >= 0.3 is 0 Å². The van der Waals surface area contributed by atoms with Crippen LogP contribution in [0.2, 0.25) is 5.15 Å². The molecule has 4 aliphatic carbocycles. The van der Waals surface area contributed by atoms with Crippen molar-refractivity contribution in [3.8, 4) is 33.8 Å². The van der Waals surface area contributed by atoms with Crippen molar-refractivity contribution >= 4 is 23.4 Å². The maximum Gasteiger partial charge on any atom is 0.253 e. The number of halogens is 2. The van der Waals surface area contributed by atoms with Crippen LogP contribution in [0.15, 0.2) is 42.7 Å². The topological polar surface area (TPSA) is 128 Å². The van der Waals surface area contributed by atoms with Crippen molar-refractivity contribution in [3.63, 3.8) is 0 Å². The van der Waals surface area contributed by atoms with Crippen LogP contribution in [0.25, 0.3) is 33.8 Å². The quantitative estimate of drug-likeness (QED) is 0.146. The third-order valence-electron chi connectivity index (χ3n) is 14.1. The van der Waals surface area contributed by atoms with E-state index in [4.69, 9.17) is 16.3 Å². The first kappa shape index (κ1) is 35.3. The van der Waals surface area contributed by atoms with Gasteiger partial charge in [-0.3, -0.25) is 19.5 Å². The zero-order valence-electron chi connectivity index (χ0n) is 31.9. The molecule has 3 fully saturated rings. The van der Waals surface area contributed by atoms with Gasteiger partial charge in [0.2, 0.25) is 0 Å². The highest BCUT2D eigenvalue weighted by molar-refractivity contribution is 6.29. The number of rotatable bonds is 3. The lowest BCUT2D eigenvalue weighted by atomic mass is 9.64. The van der Waals surface area contributed by atoms with E-state index < -0.39 is 0 Å². The molecule has 0 unspecified atom stereocenters. The van der Waals surface area contributed by atoms with E-state index in [-0.39, 0.29) is 28.5 Å². The van der Waals surface area contributed by atoms with Crippen molar-refractivity contribution in [1.29, 1.82) is 0 Å². The van der Waals surface area contributed by atoms with Crippen molar-refractivity contribution in [3.05, 3.63) is 104 Å². The van der Waals surface area contributed by atoms with Crippen molar-refractivity contribution in [2.24, 2.45) is 0 Å². The Labute approximate surface area is 335 Å². The Balaban J connectivity index is 0.000000146. The molecule has 7 heterocycles. The van der Waals surface area contributed by atoms with Gasteiger partial charge in [-0.1, -0.05) is 36.6 Å². The van der Waals surface area contributed by atoms with E-state index >= 15 is 4.39 Å². The van der Waals surface area contributed by atoms with Crippen LogP contribution >= 0.6 is 11.6 Å². The Morgan fingerprint density at radius 3 is 1.89 bits per heavy atom. The van der Waals surface area contributed by atoms with Gasteiger partial charge in [-0.15, -0.1) is 0 Å². The summed E-state index contributed by atoms with van der Waals surface area (Å²) < 4.78 is 20.5. The predicted octanol–water partition coefficient (Wildman–Crippen LogP) is 6.97. The smallest absolute Gasteiger partial charge is 0.253 e. The van der Waals surface area contributed by atoms with Crippen LogP contribution < -0.4 is 10.6 Å². The molecule has 12 rings (SSSR count). The summed E-state index contributed by atoms with van der Waals surface area (Å²) in [7, 11) is 0. The van der Waals surface area contributed by atoms with Crippen LogP contribution in [-0.2, 0) is 47.8 Å². The van der Waals surface area contributed by atoms with Crippen LogP contribution in [0.4, 0.5) is 4.39 Å². The normalized spacial score (nSPS) is 20.6. The van der Waals surface area contributed by atoms with Crippen molar-refractivity contribution < 1.29 is 18.7 Å². The number of hydrogen-bond acceptors (Lipinski definition) is 6. The minimum absolute atomic E-state index is 0.0469. The molecule has 2 spiro atoms. The summed E-state index contributed by atoms with van der Waals surface area (Å²) in [6.07, 6.45) is 14.3. The van der Waals surface area contributed by atoms with E-state index in [9.17, 15) is 9.59 Å². The molecule has 292 valence electrons. The van der Waals surface area contributed by atoms with Crippen LogP contribution in [0, 0.1) is 5.82 Å². The largest absolute Gasteiger partial charge is 0.379 e. The number of aryl methyl sites for hydroxylation is 2. The minimum Gasteiger partial charge on any atom is -0.379 e. The second kappa shape index (κ2) is 13.4. The number of ether oxygens (including phenoxy) is 1. The molecule has 5 aromatic rings. The van der Waals surface area contributed by atoms with Gasteiger partial charge in [-0.2, -0.15) is 0 Å². The molecule has 57 heavy (non-hydrogen) atoms. The number of carbonyl (C=O) groups excluding carboxylic acids is 2. The lowest BCUT2D eigenvalue weighted by Crippen LogP contribution is -2.51. The highest BCUT2D eigenvalue weighted by Crippen LogP contribution is 2.51. The number of hydrogen-bond donors (Lipinski definition) is 4. The highest BCUT2D eigenvalue weighted by atomic mass is 35.5. The average molecular weight is 786 g/mol. The molecule has 0 atom stereocenters. The second-order valence-electron chi connectivity index (χ2n) is 17.2. The third kappa shape index (κ3) is 5.63. The molecule has 4 N–H and O–H groups in total. The lowest BCUT2D eigenvalue weighted by molar-refractivity contribution is 0.0337. The Hall–Kier alpha value is -4.84. The van der Waals surface area contributed by atoms with Gasteiger partial charge in [0.1, 0.15) is 11.0 Å². The fourth-order valence-electron chi connectivity index (χ4n) is 10.6. The van der Waals surface area contributed by atoms with Gasteiger partial charge in [0.15, 0.2) is 0 Å². The van der Waals surface area contributed by atoms with E-state index in [1.54, 1.807) is 6.07 Å².